The van der Waals surface area contributed by atoms with E-state index in [-0.39, 0.29) is 0 Å². The molecule has 0 saturated carbocycles. The topological polar surface area (TPSA) is 39.5 Å². The van der Waals surface area contributed by atoms with Crippen LogP contribution in [-0.4, -0.2) is 56.2 Å². The van der Waals surface area contributed by atoms with Gasteiger partial charge in [0.15, 0.2) is 0 Å². The second-order valence-corrected chi connectivity index (χ2v) is 6.11. The average molecular weight is 287 g/mol. The first-order valence-electron chi connectivity index (χ1n) is 7.62. The first kappa shape index (κ1) is 15.8. The van der Waals surface area contributed by atoms with Crippen molar-refractivity contribution in [3.05, 3.63) is 29.8 Å². The summed E-state index contributed by atoms with van der Waals surface area (Å²) in [7, 11) is 4.33. The lowest BCUT2D eigenvalue weighted by atomic mass is 10.1. The van der Waals surface area contributed by atoms with E-state index in [1.165, 1.54) is 6.54 Å². The van der Waals surface area contributed by atoms with Gasteiger partial charge >= 0.3 is 0 Å². The highest BCUT2D eigenvalue weighted by Gasteiger charge is 2.30. The van der Waals surface area contributed by atoms with Crippen molar-refractivity contribution in [2.75, 3.05) is 40.3 Å². The smallest absolute Gasteiger partial charge is 0.119 e. The second-order valence-electron chi connectivity index (χ2n) is 6.11. The third kappa shape index (κ3) is 4.45. The Balaban J connectivity index is 1.67. The van der Waals surface area contributed by atoms with Crippen LogP contribution in [0, 0.1) is 17.2 Å². The lowest BCUT2D eigenvalue weighted by Crippen LogP contribution is -2.34. The van der Waals surface area contributed by atoms with Gasteiger partial charge in [-0.1, -0.05) is 6.92 Å². The third-order valence-electron chi connectivity index (χ3n) is 4.18. The van der Waals surface area contributed by atoms with Crippen LogP contribution in [0.4, 0.5) is 0 Å². The van der Waals surface area contributed by atoms with Crippen molar-refractivity contribution in [1.82, 2.24) is 9.80 Å². The van der Waals surface area contributed by atoms with Crippen LogP contribution in [0.2, 0.25) is 0 Å². The predicted octanol–water partition coefficient (Wildman–Crippen LogP) is 2.21. The molecule has 1 fully saturated rings. The Morgan fingerprint density at radius 3 is 2.57 bits per heavy atom. The monoisotopic (exact) mass is 287 g/mol. The molecule has 0 amide bonds. The van der Waals surface area contributed by atoms with Crippen molar-refractivity contribution in [1.29, 1.82) is 5.26 Å². The molecule has 0 radical (unpaired) electrons. The summed E-state index contributed by atoms with van der Waals surface area (Å²) in [6.45, 7) is 6.48. The van der Waals surface area contributed by atoms with E-state index in [2.05, 4.69) is 36.9 Å². The summed E-state index contributed by atoms with van der Waals surface area (Å²) >= 11 is 0. The fourth-order valence-corrected chi connectivity index (χ4v) is 3.01. The van der Waals surface area contributed by atoms with Gasteiger partial charge in [-0.25, -0.2) is 0 Å². The molecule has 0 unspecified atom stereocenters. The van der Waals surface area contributed by atoms with Gasteiger partial charge in [-0.2, -0.15) is 5.26 Å². The maximum absolute atomic E-state index is 8.75. The van der Waals surface area contributed by atoms with Crippen LogP contribution in [0.25, 0.3) is 0 Å². The number of benzene rings is 1. The van der Waals surface area contributed by atoms with Gasteiger partial charge in [-0.15, -0.1) is 0 Å². The van der Waals surface area contributed by atoms with E-state index >= 15 is 0 Å². The standard InChI is InChI=1S/C17H25N3O/c1-14-12-20(13-17(14)19(2)3)9-4-10-21-16-7-5-15(11-18)6-8-16/h5-8,14,17H,4,9-10,12-13H2,1-3H3/t14-,17+/m0/s1. The minimum atomic E-state index is 0.670. The zero-order valence-electron chi connectivity index (χ0n) is 13.2. The number of nitriles is 1. The summed E-state index contributed by atoms with van der Waals surface area (Å²) in [6, 6.07) is 10.1. The highest BCUT2D eigenvalue weighted by Crippen LogP contribution is 2.20. The van der Waals surface area contributed by atoms with Gasteiger partial charge in [-0.3, -0.25) is 0 Å². The molecule has 2 atom stereocenters. The maximum Gasteiger partial charge on any atom is 0.119 e. The number of hydrogen-bond acceptors (Lipinski definition) is 4. The number of nitrogens with zero attached hydrogens (tertiary/aromatic N) is 3. The van der Waals surface area contributed by atoms with Gasteiger partial charge in [0.1, 0.15) is 5.75 Å². The Bertz CT molecular complexity index is 478. The fraction of sp³-hybridized carbons (Fsp3) is 0.588. The van der Waals surface area contributed by atoms with Crippen molar-refractivity contribution in [2.24, 2.45) is 5.92 Å². The molecular formula is C17H25N3O. The zero-order chi connectivity index (χ0) is 15.2. The molecule has 0 N–H and O–H groups in total. The van der Waals surface area contributed by atoms with Crippen LogP contribution in [0.5, 0.6) is 5.75 Å². The summed E-state index contributed by atoms with van der Waals surface area (Å²) in [5.74, 6) is 1.58. The lowest BCUT2D eigenvalue weighted by Gasteiger charge is -2.22. The Hall–Kier alpha value is -1.57. The normalized spacial score (nSPS) is 22.4. The minimum Gasteiger partial charge on any atom is -0.494 e. The molecule has 1 aliphatic heterocycles. The highest BCUT2D eigenvalue weighted by molar-refractivity contribution is 5.34. The van der Waals surface area contributed by atoms with E-state index in [9.17, 15) is 0 Å². The summed E-state index contributed by atoms with van der Waals surface area (Å²) in [4.78, 5) is 4.86. The Morgan fingerprint density at radius 1 is 1.29 bits per heavy atom. The molecule has 0 spiro atoms. The average Bonchev–Trinajstić information content (AvgIpc) is 2.85. The lowest BCUT2D eigenvalue weighted by molar-refractivity contribution is 0.238. The molecule has 1 aromatic carbocycles. The van der Waals surface area contributed by atoms with Crippen molar-refractivity contribution in [3.63, 3.8) is 0 Å². The molecule has 21 heavy (non-hydrogen) atoms. The molecule has 1 saturated heterocycles. The highest BCUT2D eigenvalue weighted by atomic mass is 16.5. The molecule has 114 valence electrons. The molecule has 0 bridgehead atoms. The van der Waals surface area contributed by atoms with Gasteiger partial charge in [0.05, 0.1) is 18.2 Å². The van der Waals surface area contributed by atoms with E-state index in [1.54, 1.807) is 12.1 Å². The quantitative estimate of drug-likeness (QED) is 0.752. The fourth-order valence-electron chi connectivity index (χ4n) is 3.01. The Labute approximate surface area is 127 Å². The first-order valence-corrected chi connectivity index (χ1v) is 7.62. The van der Waals surface area contributed by atoms with Gasteiger partial charge in [0.2, 0.25) is 0 Å². The van der Waals surface area contributed by atoms with Crippen LogP contribution >= 0.6 is 0 Å². The SMILES string of the molecule is C[C@H]1CN(CCCOc2ccc(C#N)cc2)C[C@H]1N(C)C. The summed E-state index contributed by atoms with van der Waals surface area (Å²) in [5, 5.41) is 8.75. The molecule has 2 rings (SSSR count). The van der Waals surface area contributed by atoms with E-state index in [4.69, 9.17) is 10.00 Å². The van der Waals surface area contributed by atoms with E-state index in [0.29, 0.717) is 11.6 Å². The summed E-state index contributed by atoms with van der Waals surface area (Å²) in [5.41, 5.74) is 0.670. The number of ether oxygens (including phenoxy) is 1. The first-order chi connectivity index (χ1) is 10.1. The van der Waals surface area contributed by atoms with Crippen LogP contribution < -0.4 is 4.74 Å². The van der Waals surface area contributed by atoms with Gasteiger partial charge in [-0.05, 0) is 50.7 Å². The van der Waals surface area contributed by atoms with Gasteiger partial charge in [0, 0.05) is 25.7 Å². The molecule has 1 aliphatic rings. The van der Waals surface area contributed by atoms with Crippen molar-refractivity contribution in [3.8, 4) is 11.8 Å². The predicted molar refractivity (Wildman–Crippen MR) is 84.3 cm³/mol. The summed E-state index contributed by atoms with van der Waals surface area (Å²) < 4.78 is 5.72. The molecule has 1 aromatic rings. The van der Waals surface area contributed by atoms with Crippen LogP contribution in [-0.2, 0) is 0 Å². The molecule has 4 nitrogen and oxygen atoms in total. The molecular weight excluding hydrogens is 262 g/mol. The molecule has 0 aromatic heterocycles. The number of hydrogen-bond donors (Lipinski definition) is 0. The maximum atomic E-state index is 8.75. The van der Waals surface area contributed by atoms with Crippen LogP contribution in [0.15, 0.2) is 24.3 Å². The van der Waals surface area contributed by atoms with E-state index in [0.717, 1.165) is 37.8 Å². The number of rotatable bonds is 6. The van der Waals surface area contributed by atoms with Crippen molar-refractivity contribution >= 4 is 0 Å². The second kappa shape index (κ2) is 7.44. The largest absolute Gasteiger partial charge is 0.494 e. The van der Waals surface area contributed by atoms with Gasteiger partial charge < -0.3 is 14.5 Å². The minimum absolute atomic E-state index is 0.670. The molecule has 4 heteroatoms. The molecule has 0 aliphatic carbocycles. The number of likely N-dealkylation sites (N-methyl/N-ethyl adjacent to an activating group) is 1. The Morgan fingerprint density at radius 2 is 2.00 bits per heavy atom. The third-order valence-corrected chi connectivity index (χ3v) is 4.18. The van der Waals surface area contributed by atoms with E-state index < -0.39 is 0 Å². The van der Waals surface area contributed by atoms with Crippen molar-refractivity contribution < 1.29 is 4.74 Å². The van der Waals surface area contributed by atoms with Crippen molar-refractivity contribution in [2.45, 2.75) is 19.4 Å². The van der Waals surface area contributed by atoms with Crippen LogP contribution in [0.3, 0.4) is 0 Å². The summed E-state index contributed by atoms with van der Waals surface area (Å²) in [6.07, 6.45) is 1.03. The zero-order valence-corrected chi connectivity index (χ0v) is 13.2. The Kier molecular flexibility index (Phi) is 5.60. The van der Waals surface area contributed by atoms with Gasteiger partial charge in [0.25, 0.3) is 0 Å². The molecule has 1 heterocycles. The van der Waals surface area contributed by atoms with Crippen LogP contribution in [0.1, 0.15) is 18.9 Å². The van der Waals surface area contributed by atoms with E-state index in [1.807, 2.05) is 12.1 Å². The number of likely N-dealkylation sites (tertiary alicyclic amines) is 1.